The average molecular weight is 475 g/mol. The van der Waals surface area contributed by atoms with Gasteiger partial charge in [-0.15, -0.1) is 0 Å². The monoisotopic (exact) mass is 474 g/mol. The van der Waals surface area contributed by atoms with Crippen molar-refractivity contribution >= 4 is 17.6 Å². The number of carbonyl (C=O) groups excluding carboxylic acids is 2. The van der Waals surface area contributed by atoms with Gasteiger partial charge in [0.25, 0.3) is 0 Å². The van der Waals surface area contributed by atoms with Crippen molar-refractivity contribution in [3.05, 3.63) is 83.7 Å². The lowest BCUT2D eigenvalue weighted by molar-refractivity contribution is -0.134. The van der Waals surface area contributed by atoms with Crippen LogP contribution in [0.1, 0.15) is 43.1 Å². The Labute approximate surface area is 207 Å². The Morgan fingerprint density at radius 2 is 1.80 bits per heavy atom. The summed E-state index contributed by atoms with van der Waals surface area (Å²) in [7, 11) is 0. The number of urea groups is 1. The molecule has 2 heterocycles. The molecule has 0 radical (unpaired) electrons. The van der Waals surface area contributed by atoms with E-state index in [0.717, 1.165) is 24.2 Å². The molecule has 0 saturated heterocycles. The second kappa shape index (κ2) is 11.1. The first-order valence-corrected chi connectivity index (χ1v) is 12.3. The summed E-state index contributed by atoms with van der Waals surface area (Å²) in [5.41, 5.74) is 3.93. The molecule has 1 aliphatic rings. The van der Waals surface area contributed by atoms with Crippen LogP contribution in [0.15, 0.2) is 66.9 Å². The van der Waals surface area contributed by atoms with Gasteiger partial charge in [0, 0.05) is 31.5 Å². The maximum absolute atomic E-state index is 13.7. The Morgan fingerprint density at radius 3 is 2.54 bits per heavy atom. The van der Waals surface area contributed by atoms with E-state index in [1.165, 1.54) is 5.56 Å². The summed E-state index contributed by atoms with van der Waals surface area (Å²) in [4.78, 5) is 30.4. The van der Waals surface area contributed by atoms with Crippen LogP contribution in [0.3, 0.4) is 0 Å². The summed E-state index contributed by atoms with van der Waals surface area (Å²) in [5, 5.41) is 2.94. The number of rotatable bonds is 8. The van der Waals surface area contributed by atoms with Crippen molar-refractivity contribution < 1.29 is 14.3 Å². The molecule has 1 atom stereocenters. The molecular formula is C28H34N4O3. The third kappa shape index (κ3) is 5.50. The van der Waals surface area contributed by atoms with Gasteiger partial charge in [-0.1, -0.05) is 48.9 Å². The number of nitrogens with one attached hydrogen (secondary N) is 1. The van der Waals surface area contributed by atoms with Crippen molar-refractivity contribution in [2.24, 2.45) is 0 Å². The fraction of sp³-hybridized carbons (Fsp3) is 0.357. The molecule has 35 heavy (non-hydrogen) atoms. The highest BCUT2D eigenvalue weighted by Crippen LogP contribution is 2.33. The summed E-state index contributed by atoms with van der Waals surface area (Å²) in [6, 6.07) is 19.3. The van der Waals surface area contributed by atoms with Gasteiger partial charge in [-0.05, 0) is 50.1 Å². The number of aromatic nitrogens is 1. The quantitative estimate of drug-likeness (QED) is 0.496. The van der Waals surface area contributed by atoms with Crippen LogP contribution in [0.2, 0.25) is 0 Å². The number of para-hydroxylation sites is 2. The van der Waals surface area contributed by atoms with Gasteiger partial charge < -0.3 is 24.4 Å². The second-order valence-corrected chi connectivity index (χ2v) is 8.81. The van der Waals surface area contributed by atoms with E-state index >= 15 is 0 Å². The van der Waals surface area contributed by atoms with Crippen molar-refractivity contribution in [3.8, 4) is 5.75 Å². The van der Waals surface area contributed by atoms with Crippen LogP contribution in [0.4, 0.5) is 10.5 Å². The third-order valence-electron chi connectivity index (χ3n) is 6.29. The summed E-state index contributed by atoms with van der Waals surface area (Å²) >= 11 is 0. The zero-order valence-electron chi connectivity index (χ0n) is 20.7. The first kappa shape index (κ1) is 24.4. The predicted molar refractivity (Wildman–Crippen MR) is 138 cm³/mol. The lowest BCUT2D eigenvalue weighted by atomic mass is 9.98. The summed E-state index contributed by atoms with van der Waals surface area (Å²) in [6.45, 7) is 8.28. The molecule has 0 spiro atoms. The zero-order valence-corrected chi connectivity index (χ0v) is 20.7. The molecular weight excluding hydrogens is 440 g/mol. The van der Waals surface area contributed by atoms with E-state index in [2.05, 4.69) is 53.3 Å². The van der Waals surface area contributed by atoms with E-state index in [0.29, 0.717) is 31.1 Å². The van der Waals surface area contributed by atoms with E-state index in [1.807, 2.05) is 43.0 Å². The van der Waals surface area contributed by atoms with Gasteiger partial charge >= 0.3 is 6.03 Å². The van der Waals surface area contributed by atoms with E-state index in [-0.39, 0.29) is 24.5 Å². The molecule has 3 amide bonds. The van der Waals surface area contributed by atoms with Crippen LogP contribution in [0.25, 0.3) is 0 Å². The fourth-order valence-corrected chi connectivity index (χ4v) is 4.57. The third-order valence-corrected chi connectivity index (χ3v) is 6.29. The number of carbonyl (C=O) groups is 2. The number of hydrogen-bond acceptors (Lipinski definition) is 3. The standard InChI is InChI=1S/C28H34N4O3/c1-4-16-31(28(34)29-23-9-6-7-11-25(23)35-5-2)20-26(33)32-19-18-30-17-8-10-24(30)27(32)22-14-12-21(3)13-15-22/h6-15,17,27H,4-5,16,18-20H2,1-3H3,(H,29,34). The van der Waals surface area contributed by atoms with Gasteiger partial charge in [-0.25, -0.2) is 4.79 Å². The van der Waals surface area contributed by atoms with Crippen LogP contribution < -0.4 is 10.1 Å². The lowest BCUT2D eigenvalue weighted by Crippen LogP contribution is -2.48. The highest BCUT2D eigenvalue weighted by Gasteiger charge is 2.33. The SMILES string of the molecule is CCCN(CC(=O)N1CCn2cccc2C1c1ccc(C)cc1)C(=O)Nc1ccccc1OCC. The first-order valence-electron chi connectivity index (χ1n) is 12.3. The normalized spacial score (nSPS) is 14.8. The number of benzene rings is 2. The van der Waals surface area contributed by atoms with Crippen molar-refractivity contribution in [1.29, 1.82) is 0 Å². The van der Waals surface area contributed by atoms with Crippen molar-refractivity contribution in [2.75, 3.05) is 31.6 Å². The van der Waals surface area contributed by atoms with Crippen LogP contribution in [0.5, 0.6) is 5.75 Å². The Morgan fingerprint density at radius 1 is 1.03 bits per heavy atom. The largest absolute Gasteiger partial charge is 0.492 e. The molecule has 1 N–H and O–H groups in total. The van der Waals surface area contributed by atoms with E-state index in [1.54, 1.807) is 11.0 Å². The number of fused-ring (bicyclic) bond motifs is 1. The van der Waals surface area contributed by atoms with Gasteiger partial charge in [0.2, 0.25) is 5.91 Å². The molecule has 0 saturated carbocycles. The minimum atomic E-state index is -0.306. The zero-order chi connectivity index (χ0) is 24.8. The van der Waals surface area contributed by atoms with Gasteiger partial charge in [0.05, 0.1) is 18.3 Å². The van der Waals surface area contributed by atoms with Gasteiger partial charge in [0.1, 0.15) is 12.3 Å². The first-order chi connectivity index (χ1) is 17.0. The Hall–Kier alpha value is -3.74. The van der Waals surface area contributed by atoms with Crippen molar-refractivity contribution in [3.63, 3.8) is 0 Å². The second-order valence-electron chi connectivity index (χ2n) is 8.81. The Balaban J connectivity index is 1.54. The van der Waals surface area contributed by atoms with Crippen LogP contribution >= 0.6 is 0 Å². The van der Waals surface area contributed by atoms with Crippen LogP contribution in [-0.4, -0.2) is 52.5 Å². The molecule has 1 unspecified atom stereocenters. The number of aryl methyl sites for hydroxylation is 1. The number of hydrogen-bond donors (Lipinski definition) is 1. The molecule has 7 heteroatoms. The van der Waals surface area contributed by atoms with E-state index in [4.69, 9.17) is 4.74 Å². The Bertz CT molecular complexity index is 1160. The predicted octanol–water partition coefficient (Wildman–Crippen LogP) is 5.07. The minimum Gasteiger partial charge on any atom is -0.492 e. The molecule has 7 nitrogen and oxygen atoms in total. The number of ether oxygens (including phenoxy) is 1. The molecule has 2 aromatic carbocycles. The summed E-state index contributed by atoms with van der Waals surface area (Å²) < 4.78 is 7.84. The van der Waals surface area contributed by atoms with Gasteiger partial charge in [0.15, 0.2) is 0 Å². The molecule has 4 rings (SSSR count). The summed E-state index contributed by atoms with van der Waals surface area (Å²) in [5.74, 6) is 0.548. The molecule has 3 aromatic rings. The number of anilines is 1. The van der Waals surface area contributed by atoms with Gasteiger partial charge in [-0.2, -0.15) is 0 Å². The van der Waals surface area contributed by atoms with Crippen LogP contribution in [0, 0.1) is 6.92 Å². The molecule has 1 aromatic heterocycles. The highest BCUT2D eigenvalue weighted by atomic mass is 16.5. The number of nitrogens with zero attached hydrogens (tertiary/aromatic N) is 3. The maximum Gasteiger partial charge on any atom is 0.322 e. The van der Waals surface area contributed by atoms with Gasteiger partial charge in [-0.3, -0.25) is 4.79 Å². The fourth-order valence-electron chi connectivity index (χ4n) is 4.57. The topological polar surface area (TPSA) is 66.8 Å². The molecule has 0 bridgehead atoms. The van der Waals surface area contributed by atoms with Crippen LogP contribution in [-0.2, 0) is 11.3 Å². The minimum absolute atomic E-state index is 0.0134. The number of amides is 3. The highest BCUT2D eigenvalue weighted by molar-refractivity contribution is 5.93. The summed E-state index contributed by atoms with van der Waals surface area (Å²) in [6.07, 6.45) is 2.81. The average Bonchev–Trinajstić information content (AvgIpc) is 3.34. The molecule has 0 aliphatic carbocycles. The Kier molecular flexibility index (Phi) is 7.75. The van der Waals surface area contributed by atoms with Crippen molar-refractivity contribution in [1.82, 2.24) is 14.4 Å². The van der Waals surface area contributed by atoms with E-state index in [9.17, 15) is 9.59 Å². The molecule has 184 valence electrons. The smallest absolute Gasteiger partial charge is 0.322 e. The molecule has 1 aliphatic heterocycles. The maximum atomic E-state index is 13.7. The van der Waals surface area contributed by atoms with Crippen molar-refractivity contribution in [2.45, 2.75) is 39.8 Å². The molecule has 0 fully saturated rings. The lowest BCUT2D eigenvalue weighted by Gasteiger charge is -2.38. The van der Waals surface area contributed by atoms with E-state index < -0.39 is 0 Å².